The molecule has 0 aliphatic carbocycles. The van der Waals surface area contributed by atoms with E-state index in [1.54, 1.807) is 12.1 Å². The number of nitrogens with one attached hydrogen (secondary N) is 2. The van der Waals surface area contributed by atoms with Crippen molar-refractivity contribution in [1.29, 1.82) is 0 Å². The maximum atomic E-state index is 12.6. The summed E-state index contributed by atoms with van der Waals surface area (Å²) in [6.45, 7) is 1.94. The van der Waals surface area contributed by atoms with Crippen molar-refractivity contribution >= 4 is 22.8 Å². The molecule has 0 unspecified atom stereocenters. The van der Waals surface area contributed by atoms with Crippen LogP contribution in [0.25, 0.3) is 22.0 Å². The maximum absolute atomic E-state index is 12.6. The molecule has 0 bridgehead atoms. The molecule has 6 nitrogen and oxygen atoms in total. The lowest BCUT2D eigenvalue weighted by atomic mass is 10.0. The number of carboxylic acids is 1. The Morgan fingerprint density at radius 3 is 2.36 bits per heavy atom. The van der Waals surface area contributed by atoms with Crippen LogP contribution in [-0.2, 0) is 6.42 Å². The first-order chi connectivity index (χ1) is 15.9. The number of H-pyrrole nitrogens is 1. The smallest absolute Gasteiger partial charge is 0.341 e. The largest absolute Gasteiger partial charge is 0.477 e. The monoisotopic (exact) mass is 440 g/mol. The van der Waals surface area contributed by atoms with Crippen LogP contribution >= 0.6 is 0 Å². The second-order valence-corrected chi connectivity index (χ2v) is 8.07. The van der Waals surface area contributed by atoms with Gasteiger partial charge in [0.05, 0.1) is 0 Å². The van der Waals surface area contributed by atoms with Crippen molar-refractivity contribution in [2.45, 2.75) is 25.8 Å². The Hall–Kier alpha value is -4.19. The number of aromatic amines is 1. The normalized spacial score (nSPS) is 11.8. The molecule has 6 heteroatoms. The van der Waals surface area contributed by atoms with Crippen molar-refractivity contribution in [2.24, 2.45) is 0 Å². The summed E-state index contributed by atoms with van der Waals surface area (Å²) in [7, 11) is 0. The molecular weight excluding hydrogens is 416 g/mol. The maximum Gasteiger partial charge on any atom is 0.341 e. The lowest BCUT2D eigenvalue weighted by molar-refractivity contribution is 0.0695. The van der Waals surface area contributed by atoms with Crippen LogP contribution in [0, 0.1) is 0 Å². The first-order valence-electron chi connectivity index (χ1n) is 10.8. The third kappa shape index (κ3) is 5.01. The number of benzene rings is 3. The molecule has 0 fully saturated rings. The molecule has 3 aromatic carbocycles. The predicted molar refractivity (Wildman–Crippen MR) is 129 cm³/mol. The molecule has 1 atom stereocenters. The molecule has 4 rings (SSSR count). The van der Waals surface area contributed by atoms with Crippen LogP contribution in [0.15, 0.2) is 83.8 Å². The van der Waals surface area contributed by atoms with Crippen LogP contribution in [0.5, 0.6) is 0 Å². The molecule has 0 aliphatic heterocycles. The zero-order valence-corrected chi connectivity index (χ0v) is 18.2. The summed E-state index contributed by atoms with van der Waals surface area (Å²) in [6.07, 6.45) is 2.54. The number of carbonyl (C=O) groups excluding carboxylic acids is 1. The molecule has 0 saturated heterocycles. The number of hydrogen-bond acceptors (Lipinski definition) is 3. The van der Waals surface area contributed by atoms with E-state index in [1.165, 1.54) is 6.20 Å². The van der Waals surface area contributed by atoms with Crippen LogP contribution in [-0.4, -0.2) is 28.0 Å². The topological polar surface area (TPSA) is 99.3 Å². The third-order valence-corrected chi connectivity index (χ3v) is 5.67. The Morgan fingerprint density at radius 1 is 0.970 bits per heavy atom. The second-order valence-electron chi connectivity index (χ2n) is 8.07. The quantitative estimate of drug-likeness (QED) is 0.390. The number of carboxylic acid groups (broad SMARTS) is 1. The van der Waals surface area contributed by atoms with Crippen LogP contribution in [0.2, 0.25) is 0 Å². The van der Waals surface area contributed by atoms with Gasteiger partial charge >= 0.3 is 5.97 Å². The summed E-state index contributed by atoms with van der Waals surface area (Å²) in [5.74, 6) is -1.39. The first kappa shape index (κ1) is 22.0. The molecule has 3 N–H and O–H groups in total. The summed E-state index contributed by atoms with van der Waals surface area (Å²) < 4.78 is 0. The minimum Gasteiger partial charge on any atom is -0.477 e. The number of aryl methyl sites for hydroxylation is 1. The zero-order valence-electron chi connectivity index (χ0n) is 18.2. The SMILES string of the molecule is C[C@@H](CCc1ccc2[nH]cc(C(=O)O)c(=O)c2c1)NC(=O)c1ccc(-c2ccccc2)cc1. The Balaban J connectivity index is 1.39. The van der Waals surface area contributed by atoms with Gasteiger partial charge in [0.2, 0.25) is 5.43 Å². The lowest BCUT2D eigenvalue weighted by Gasteiger charge is -2.14. The lowest BCUT2D eigenvalue weighted by Crippen LogP contribution is -2.32. The van der Waals surface area contributed by atoms with Crippen molar-refractivity contribution in [3.05, 3.63) is 106 Å². The highest BCUT2D eigenvalue weighted by atomic mass is 16.4. The van der Waals surface area contributed by atoms with E-state index < -0.39 is 11.4 Å². The molecule has 0 spiro atoms. The molecular formula is C27H24N2O4. The van der Waals surface area contributed by atoms with Gasteiger partial charge in [0.1, 0.15) is 5.56 Å². The standard InChI is InChI=1S/C27H24N2O4/c1-17(29-26(31)21-12-10-20(11-13-21)19-5-3-2-4-6-19)7-8-18-9-14-24-22(15-18)25(30)23(16-28-24)27(32)33/h2-6,9-17H,7-8H2,1H3,(H,28,30)(H,29,31)(H,32,33)/t17-/m0/s1. The first-order valence-corrected chi connectivity index (χ1v) is 10.8. The molecule has 1 amide bonds. The molecule has 0 radical (unpaired) electrons. The van der Waals surface area contributed by atoms with Gasteiger partial charge in [-0.2, -0.15) is 0 Å². The minimum atomic E-state index is -1.25. The fourth-order valence-electron chi connectivity index (χ4n) is 3.79. The highest BCUT2D eigenvalue weighted by Gasteiger charge is 2.13. The van der Waals surface area contributed by atoms with Crippen LogP contribution in [0.3, 0.4) is 0 Å². The van der Waals surface area contributed by atoms with E-state index in [4.69, 9.17) is 5.11 Å². The second kappa shape index (κ2) is 9.53. The average Bonchev–Trinajstić information content (AvgIpc) is 2.83. The van der Waals surface area contributed by atoms with Crippen molar-refractivity contribution in [2.75, 3.05) is 0 Å². The van der Waals surface area contributed by atoms with E-state index in [1.807, 2.05) is 67.6 Å². The van der Waals surface area contributed by atoms with Gasteiger partial charge in [-0.25, -0.2) is 4.79 Å². The van der Waals surface area contributed by atoms with Crippen molar-refractivity contribution in [1.82, 2.24) is 10.3 Å². The van der Waals surface area contributed by atoms with Gasteiger partial charge in [0.25, 0.3) is 5.91 Å². The number of rotatable bonds is 7. The molecule has 166 valence electrons. The molecule has 0 aliphatic rings. The predicted octanol–water partition coefficient (Wildman–Crippen LogP) is 4.64. The highest BCUT2D eigenvalue weighted by Crippen LogP contribution is 2.19. The fraction of sp³-hybridized carbons (Fsp3) is 0.148. The van der Waals surface area contributed by atoms with Crippen molar-refractivity contribution < 1.29 is 14.7 Å². The van der Waals surface area contributed by atoms with E-state index in [0.29, 0.717) is 29.3 Å². The van der Waals surface area contributed by atoms with Gasteiger partial charge < -0.3 is 15.4 Å². The van der Waals surface area contributed by atoms with Crippen molar-refractivity contribution in [3.63, 3.8) is 0 Å². The number of pyridine rings is 1. The zero-order chi connectivity index (χ0) is 23.4. The number of aromatic carboxylic acids is 1. The van der Waals surface area contributed by atoms with Gasteiger partial charge in [-0.05, 0) is 60.7 Å². The van der Waals surface area contributed by atoms with Gasteiger partial charge in [0.15, 0.2) is 0 Å². The molecule has 33 heavy (non-hydrogen) atoms. The van der Waals surface area contributed by atoms with Gasteiger partial charge in [-0.3, -0.25) is 9.59 Å². The van der Waals surface area contributed by atoms with E-state index in [9.17, 15) is 14.4 Å². The fourth-order valence-corrected chi connectivity index (χ4v) is 3.79. The van der Waals surface area contributed by atoms with Crippen LogP contribution in [0.1, 0.15) is 39.6 Å². The Labute approximate surface area is 190 Å². The summed E-state index contributed by atoms with van der Waals surface area (Å²) in [5.41, 5.74) is 3.47. The molecule has 1 aromatic heterocycles. The number of carbonyl (C=O) groups is 2. The van der Waals surface area contributed by atoms with Gasteiger partial charge in [0, 0.05) is 28.7 Å². The number of aromatic nitrogens is 1. The molecule has 0 saturated carbocycles. The van der Waals surface area contributed by atoms with Crippen LogP contribution < -0.4 is 10.7 Å². The van der Waals surface area contributed by atoms with Crippen LogP contribution in [0.4, 0.5) is 0 Å². The van der Waals surface area contributed by atoms with Crippen molar-refractivity contribution in [3.8, 4) is 11.1 Å². The van der Waals surface area contributed by atoms with E-state index in [0.717, 1.165) is 16.7 Å². The van der Waals surface area contributed by atoms with E-state index >= 15 is 0 Å². The number of amides is 1. The Morgan fingerprint density at radius 2 is 1.67 bits per heavy atom. The third-order valence-electron chi connectivity index (χ3n) is 5.67. The van der Waals surface area contributed by atoms with E-state index in [2.05, 4.69) is 10.3 Å². The average molecular weight is 440 g/mol. The molecule has 1 heterocycles. The van der Waals surface area contributed by atoms with E-state index in [-0.39, 0.29) is 17.5 Å². The number of hydrogen-bond donors (Lipinski definition) is 3. The Kier molecular flexibility index (Phi) is 6.36. The summed E-state index contributed by atoms with van der Waals surface area (Å²) in [6, 6.07) is 22.8. The number of fused-ring (bicyclic) bond motifs is 1. The van der Waals surface area contributed by atoms with Gasteiger partial charge in [-0.15, -0.1) is 0 Å². The van der Waals surface area contributed by atoms with Gasteiger partial charge in [-0.1, -0.05) is 48.5 Å². The summed E-state index contributed by atoms with van der Waals surface area (Å²) in [4.78, 5) is 39.1. The summed E-state index contributed by atoms with van der Waals surface area (Å²) in [5, 5.41) is 12.5. The highest BCUT2D eigenvalue weighted by molar-refractivity contribution is 5.95. The Bertz CT molecular complexity index is 1360. The minimum absolute atomic E-state index is 0.0781. The summed E-state index contributed by atoms with van der Waals surface area (Å²) >= 11 is 0. The molecule has 4 aromatic rings.